The smallest absolute Gasteiger partial charge is 0.407 e. The quantitative estimate of drug-likeness (QED) is 0.122. The van der Waals surface area contributed by atoms with Crippen LogP contribution >= 0.6 is 0 Å². The van der Waals surface area contributed by atoms with E-state index in [1.165, 1.54) is 6.92 Å². The predicted octanol–water partition coefficient (Wildman–Crippen LogP) is 1.05. The molecule has 2 atom stereocenters. The van der Waals surface area contributed by atoms with Crippen molar-refractivity contribution in [2.75, 3.05) is 33.0 Å². The molecule has 252 valence electrons. The zero-order valence-corrected chi connectivity index (χ0v) is 26.2. The summed E-state index contributed by atoms with van der Waals surface area (Å²) in [6.07, 6.45) is -1.83. The molecule has 0 spiro atoms. The first-order valence-corrected chi connectivity index (χ1v) is 15.2. The van der Waals surface area contributed by atoms with Crippen molar-refractivity contribution in [2.45, 2.75) is 31.4 Å². The number of alkyl carbamates (subject to hydrolysis) is 1. The van der Waals surface area contributed by atoms with Crippen LogP contribution in [0.4, 0.5) is 4.79 Å². The Bertz CT molecular complexity index is 1590. The normalized spacial score (nSPS) is 12.8. The van der Waals surface area contributed by atoms with Crippen molar-refractivity contribution in [1.82, 2.24) is 26.6 Å². The minimum Gasteiger partial charge on any atom is -0.479 e. The summed E-state index contributed by atoms with van der Waals surface area (Å²) < 4.78 is 10.3. The average molecular weight is 660 g/mol. The molecule has 0 heterocycles. The number of aliphatic carboxylic acids is 1. The van der Waals surface area contributed by atoms with Crippen molar-refractivity contribution >= 4 is 35.7 Å². The van der Waals surface area contributed by atoms with Crippen molar-refractivity contribution in [3.05, 3.63) is 95.6 Å². The summed E-state index contributed by atoms with van der Waals surface area (Å²) in [6.45, 7) is -0.374. The lowest BCUT2D eigenvalue weighted by Crippen LogP contribution is -2.52. The van der Waals surface area contributed by atoms with Gasteiger partial charge in [-0.15, -0.1) is 0 Å². The lowest BCUT2D eigenvalue weighted by atomic mass is 9.98. The summed E-state index contributed by atoms with van der Waals surface area (Å²) in [6, 6.07) is 23.6. The second-order valence-corrected chi connectivity index (χ2v) is 10.9. The standard InChI is InChI=1S/C34H37N5O9/c1-21(33(44)45)48-20-38-30(41)16-36-32(43)28(15-22-9-3-2-4-10-22)39-31(42)18-35-29(40)17-37-34(46)47-19-27-25-13-7-5-11-23(25)24-12-6-8-14-26(24)27/h2-14,21,27-28H,15-20H2,1H3,(H,35,40)(H,36,43)(H,37,46)(H,38,41)(H,39,42)(H,44,45)/t21-,28-/m0/s1. The fraction of sp³-hybridized carbons (Fsp3) is 0.294. The lowest BCUT2D eigenvalue weighted by molar-refractivity contribution is -0.150. The van der Waals surface area contributed by atoms with Gasteiger partial charge in [-0.3, -0.25) is 19.2 Å². The second kappa shape index (κ2) is 17.2. The molecule has 1 aliphatic carbocycles. The maximum atomic E-state index is 12.9. The minimum absolute atomic E-state index is 0.0775. The number of carboxylic acids is 1. The van der Waals surface area contributed by atoms with Gasteiger partial charge in [-0.1, -0.05) is 78.9 Å². The zero-order valence-electron chi connectivity index (χ0n) is 26.2. The first kappa shape index (κ1) is 35.1. The van der Waals surface area contributed by atoms with Gasteiger partial charge in [0, 0.05) is 12.3 Å². The molecule has 0 fully saturated rings. The molecule has 6 N–H and O–H groups in total. The van der Waals surface area contributed by atoms with Crippen molar-refractivity contribution in [1.29, 1.82) is 0 Å². The van der Waals surface area contributed by atoms with Crippen molar-refractivity contribution < 1.29 is 43.3 Å². The van der Waals surface area contributed by atoms with Gasteiger partial charge in [0.15, 0.2) is 6.10 Å². The molecule has 0 saturated carbocycles. The molecular weight excluding hydrogens is 622 g/mol. The van der Waals surface area contributed by atoms with E-state index in [9.17, 15) is 28.8 Å². The first-order valence-electron chi connectivity index (χ1n) is 15.2. The molecule has 3 aromatic rings. The molecule has 14 heteroatoms. The van der Waals surface area contributed by atoms with Gasteiger partial charge in [0.25, 0.3) is 0 Å². The van der Waals surface area contributed by atoms with E-state index >= 15 is 0 Å². The molecule has 1 aliphatic rings. The van der Waals surface area contributed by atoms with Crippen molar-refractivity contribution in [2.24, 2.45) is 0 Å². The van der Waals surface area contributed by atoms with Crippen LogP contribution in [0.1, 0.15) is 29.5 Å². The molecule has 4 rings (SSSR count). The van der Waals surface area contributed by atoms with Crippen LogP contribution in [0.15, 0.2) is 78.9 Å². The molecule has 0 bridgehead atoms. The maximum Gasteiger partial charge on any atom is 0.407 e. The largest absolute Gasteiger partial charge is 0.479 e. The number of fused-ring (bicyclic) bond motifs is 3. The van der Waals surface area contributed by atoms with E-state index in [0.29, 0.717) is 0 Å². The Labute approximate surface area is 276 Å². The SMILES string of the molecule is C[C@H](OCNC(=O)CNC(=O)[C@H](Cc1ccccc1)NC(=O)CNC(=O)CNC(=O)OCC1c2ccccc2-c2ccccc21)C(=O)O. The van der Waals surface area contributed by atoms with Gasteiger partial charge in [0.1, 0.15) is 25.9 Å². The summed E-state index contributed by atoms with van der Waals surface area (Å²) in [5, 5.41) is 20.9. The molecule has 0 radical (unpaired) electrons. The van der Waals surface area contributed by atoms with E-state index in [2.05, 4.69) is 26.6 Å². The third-order valence-corrected chi connectivity index (χ3v) is 7.49. The molecule has 0 aromatic heterocycles. The van der Waals surface area contributed by atoms with Gasteiger partial charge < -0.3 is 41.2 Å². The van der Waals surface area contributed by atoms with Gasteiger partial charge >= 0.3 is 12.1 Å². The van der Waals surface area contributed by atoms with Crippen molar-refractivity contribution in [3.8, 4) is 11.1 Å². The number of carbonyl (C=O) groups is 6. The van der Waals surface area contributed by atoms with Gasteiger partial charge in [-0.25, -0.2) is 9.59 Å². The Morgan fingerprint density at radius 1 is 0.708 bits per heavy atom. The van der Waals surface area contributed by atoms with E-state index in [-0.39, 0.29) is 25.7 Å². The monoisotopic (exact) mass is 659 g/mol. The third kappa shape index (κ3) is 10.1. The molecule has 0 aliphatic heterocycles. The van der Waals surface area contributed by atoms with E-state index < -0.39 is 67.5 Å². The summed E-state index contributed by atoms with van der Waals surface area (Å²) in [7, 11) is 0. The Kier molecular flexibility index (Phi) is 12.6. The topological polar surface area (TPSA) is 201 Å². The van der Waals surface area contributed by atoms with E-state index in [4.69, 9.17) is 14.6 Å². The second-order valence-electron chi connectivity index (χ2n) is 10.9. The molecule has 48 heavy (non-hydrogen) atoms. The maximum absolute atomic E-state index is 12.9. The van der Waals surface area contributed by atoms with Crippen LogP contribution in [0.25, 0.3) is 11.1 Å². The number of carboxylic acid groups (broad SMARTS) is 1. The molecule has 3 aromatic carbocycles. The summed E-state index contributed by atoms with van der Waals surface area (Å²) in [5.41, 5.74) is 5.01. The van der Waals surface area contributed by atoms with Crippen LogP contribution in [0.2, 0.25) is 0 Å². The number of benzene rings is 3. The predicted molar refractivity (Wildman–Crippen MR) is 172 cm³/mol. The number of amides is 5. The zero-order chi connectivity index (χ0) is 34.5. The number of rotatable bonds is 16. The Balaban J connectivity index is 1.20. The highest BCUT2D eigenvalue weighted by atomic mass is 16.5. The van der Waals surface area contributed by atoms with Crippen LogP contribution in [0.5, 0.6) is 0 Å². The van der Waals surface area contributed by atoms with Gasteiger partial charge in [0.05, 0.1) is 13.1 Å². The van der Waals surface area contributed by atoms with Crippen LogP contribution in [0, 0.1) is 0 Å². The number of nitrogens with one attached hydrogen (secondary N) is 5. The van der Waals surface area contributed by atoms with Crippen LogP contribution < -0.4 is 26.6 Å². The highest BCUT2D eigenvalue weighted by Gasteiger charge is 2.29. The average Bonchev–Trinajstić information content (AvgIpc) is 3.41. The number of hydrogen-bond donors (Lipinski definition) is 6. The molecule has 5 amide bonds. The lowest BCUT2D eigenvalue weighted by Gasteiger charge is -2.19. The fourth-order valence-corrected chi connectivity index (χ4v) is 5.02. The Morgan fingerprint density at radius 3 is 1.92 bits per heavy atom. The molecule has 14 nitrogen and oxygen atoms in total. The van der Waals surface area contributed by atoms with E-state index in [1.807, 2.05) is 48.5 Å². The summed E-state index contributed by atoms with van der Waals surface area (Å²) in [5.74, 6) is -3.97. The number of carbonyl (C=O) groups excluding carboxylic acids is 5. The van der Waals surface area contributed by atoms with Crippen molar-refractivity contribution in [3.63, 3.8) is 0 Å². The van der Waals surface area contributed by atoms with Gasteiger partial charge in [-0.2, -0.15) is 0 Å². The van der Waals surface area contributed by atoms with Gasteiger partial charge in [-0.05, 0) is 34.7 Å². The van der Waals surface area contributed by atoms with Crippen LogP contribution in [0.3, 0.4) is 0 Å². The fourth-order valence-electron chi connectivity index (χ4n) is 5.02. The van der Waals surface area contributed by atoms with E-state index in [1.54, 1.807) is 30.3 Å². The highest BCUT2D eigenvalue weighted by molar-refractivity contribution is 5.92. The van der Waals surface area contributed by atoms with Crippen LogP contribution in [-0.2, 0) is 39.9 Å². The minimum atomic E-state index is -1.19. The highest BCUT2D eigenvalue weighted by Crippen LogP contribution is 2.44. The molecule has 0 unspecified atom stereocenters. The van der Waals surface area contributed by atoms with E-state index in [0.717, 1.165) is 27.8 Å². The number of hydrogen-bond acceptors (Lipinski definition) is 8. The summed E-state index contributed by atoms with van der Waals surface area (Å²) in [4.78, 5) is 73.2. The third-order valence-electron chi connectivity index (χ3n) is 7.49. The first-order chi connectivity index (χ1) is 23.1. The molecule has 0 saturated heterocycles. The number of ether oxygens (including phenoxy) is 2. The Hall–Kier alpha value is -5.76. The summed E-state index contributed by atoms with van der Waals surface area (Å²) >= 11 is 0. The Morgan fingerprint density at radius 2 is 1.27 bits per heavy atom. The van der Waals surface area contributed by atoms with Gasteiger partial charge in [0.2, 0.25) is 23.6 Å². The van der Waals surface area contributed by atoms with Crippen LogP contribution in [-0.4, -0.2) is 85.9 Å². The molecular formula is C34H37N5O9.